The highest BCUT2D eigenvalue weighted by Crippen LogP contribution is 2.21. The maximum Gasteiger partial charge on any atom is 0.338 e. The predicted octanol–water partition coefficient (Wildman–Crippen LogP) is 3.66. The number of non-ortho nitro benzene ring substituents is 1. The Bertz CT molecular complexity index is 949. The molecule has 1 N–H and O–H groups in total. The highest BCUT2D eigenvalue weighted by molar-refractivity contribution is 5.91. The zero-order valence-electron chi connectivity index (χ0n) is 15.4. The van der Waals surface area contributed by atoms with Crippen LogP contribution in [-0.2, 0) is 9.53 Å². The second-order valence-corrected chi connectivity index (χ2v) is 6.20. The Hall–Kier alpha value is -4.00. The number of hydrogen-bond acceptors (Lipinski definition) is 5. The molecule has 0 aliphatic rings. The summed E-state index contributed by atoms with van der Waals surface area (Å²) < 4.78 is 5.04. The number of nitro groups is 1. The molecule has 0 aromatic heterocycles. The highest BCUT2D eigenvalue weighted by atomic mass is 16.6. The minimum Gasteiger partial charge on any atom is -0.452 e. The molecule has 3 rings (SSSR count). The minimum absolute atomic E-state index is 0.131. The Labute approximate surface area is 167 Å². The summed E-state index contributed by atoms with van der Waals surface area (Å²) in [7, 11) is 0. The van der Waals surface area contributed by atoms with E-state index in [4.69, 9.17) is 4.74 Å². The number of nitrogens with zero attached hydrogens (tertiary/aromatic N) is 1. The number of rotatable bonds is 7. The van der Waals surface area contributed by atoms with Gasteiger partial charge in [0.25, 0.3) is 11.6 Å². The molecule has 3 aromatic carbocycles. The molecule has 0 saturated carbocycles. The third-order valence-corrected chi connectivity index (χ3v) is 4.22. The van der Waals surface area contributed by atoms with E-state index >= 15 is 0 Å². The normalized spacial score (nSPS) is 10.4. The van der Waals surface area contributed by atoms with Crippen molar-refractivity contribution in [2.75, 3.05) is 6.61 Å². The standard InChI is InChI=1S/C22H18N2O5/c25-20(15-29-22(26)18-11-13-19(14-12-18)24(27)28)23-21(16-7-3-1-4-8-16)17-9-5-2-6-10-17/h1-14,21H,15H2,(H,23,25). The first-order valence-corrected chi connectivity index (χ1v) is 8.85. The first kappa shape index (κ1) is 19.8. The summed E-state index contributed by atoms with van der Waals surface area (Å²) >= 11 is 0. The second kappa shape index (κ2) is 9.27. The summed E-state index contributed by atoms with van der Waals surface area (Å²) in [6.07, 6.45) is 0. The van der Waals surface area contributed by atoms with Crippen LogP contribution in [-0.4, -0.2) is 23.4 Å². The van der Waals surface area contributed by atoms with Crippen molar-refractivity contribution in [3.8, 4) is 0 Å². The fourth-order valence-electron chi connectivity index (χ4n) is 2.79. The summed E-state index contributed by atoms with van der Waals surface area (Å²) in [5.41, 5.74) is 1.79. The van der Waals surface area contributed by atoms with E-state index < -0.39 is 23.4 Å². The van der Waals surface area contributed by atoms with Crippen molar-refractivity contribution in [3.05, 3.63) is 112 Å². The zero-order chi connectivity index (χ0) is 20.6. The van der Waals surface area contributed by atoms with Crippen molar-refractivity contribution < 1.29 is 19.2 Å². The van der Waals surface area contributed by atoms with E-state index in [2.05, 4.69) is 5.32 Å². The quantitative estimate of drug-likeness (QED) is 0.377. The van der Waals surface area contributed by atoms with E-state index in [1.165, 1.54) is 24.3 Å². The van der Waals surface area contributed by atoms with Gasteiger partial charge in [0.05, 0.1) is 16.5 Å². The van der Waals surface area contributed by atoms with Gasteiger partial charge in [0.15, 0.2) is 6.61 Å². The Morgan fingerprint density at radius 1 is 0.862 bits per heavy atom. The Balaban J connectivity index is 1.64. The molecule has 1 amide bonds. The number of benzene rings is 3. The summed E-state index contributed by atoms with van der Waals surface area (Å²) in [5.74, 6) is -1.19. The zero-order valence-corrected chi connectivity index (χ0v) is 15.4. The third kappa shape index (κ3) is 5.26. The number of carbonyl (C=O) groups excluding carboxylic acids is 2. The molecule has 0 heterocycles. The number of carbonyl (C=O) groups is 2. The van der Waals surface area contributed by atoms with Gasteiger partial charge in [0.2, 0.25) is 0 Å². The third-order valence-electron chi connectivity index (χ3n) is 4.22. The fourth-order valence-corrected chi connectivity index (χ4v) is 2.79. The Kier molecular flexibility index (Phi) is 6.32. The number of esters is 1. The molecule has 0 saturated heterocycles. The van der Waals surface area contributed by atoms with Gasteiger partial charge >= 0.3 is 5.97 Å². The molecule has 146 valence electrons. The van der Waals surface area contributed by atoms with Crippen molar-refractivity contribution in [2.24, 2.45) is 0 Å². The average Bonchev–Trinajstić information content (AvgIpc) is 2.77. The molecule has 0 unspecified atom stereocenters. The number of amides is 1. The van der Waals surface area contributed by atoms with Gasteiger partial charge in [-0.3, -0.25) is 14.9 Å². The van der Waals surface area contributed by atoms with E-state index in [0.29, 0.717) is 0 Å². The van der Waals surface area contributed by atoms with Crippen LogP contribution >= 0.6 is 0 Å². The fraction of sp³-hybridized carbons (Fsp3) is 0.0909. The van der Waals surface area contributed by atoms with Gasteiger partial charge in [0.1, 0.15) is 0 Å². The number of hydrogen-bond donors (Lipinski definition) is 1. The van der Waals surface area contributed by atoms with Gasteiger partial charge in [-0.2, -0.15) is 0 Å². The first-order chi connectivity index (χ1) is 14.0. The van der Waals surface area contributed by atoms with Crippen LogP contribution in [0.2, 0.25) is 0 Å². The molecule has 29 heavy (non-hydrogen) atoms. The lowest BCUT2D eigenvalue weighted by molar-refractivity contribution is -0.384. The summed E-state index contributed by atoms with van der Waals surface area (Å²) in [6, 6.07) is 23.5. The first-order valence-electron chi connectivity index (χ1n) is 8.85. The van der Waals surface area contributed by atoms with E-state index in [-0.39, 0.29) is 17.3 Å². The van der Waals surface area contributed by atoms with Crippen LogP contribution < -0.4 is 5.32 Å². The van der Waals surface area contributed by atoms with Crippen LogP contribution in [0.4, 0.5) is 5.69 Å². The minimum atomic E-state index is -0.731. The van der Waals surface area contributed by atoms with Crippen LogP contribution in [0.15, 0.2) is 84.9 Å². The van der Waals surface area contributed by atoms with Gasteiger partial charge in [-0.1, -0.05) is 60.7 Å². The molecular formula is C22H18N2O5. The monoisotopic (exact) mass is 390 g/mol. The van der Waals surface area contributed by atoms with Gasteiger partial charge in [-0.05, 0) is 23.3 Å². The Morgan fingerprint density at radius 2 is 1.38 bits per heavy atom. The van der Waals surface area contributed by atoms with Crippen LogP contribution in [0, 0.1) is 10.1 Å². The number of nitrogens with one attached hydrogen (secondary N) is 1. The molecule has 7 heteroatoms. The maximum atomic E-state index is 12.4. The molecule has 7 nitrogen and oxygen atoms in total. The van der Waals surface area contributed by atoms with Crippen LogP contribution in [0.3, 0.4) is 0 Å². The molecule has 0 bridgehead atoms. The largest absolute Gasteiger partial charge is 0.452 e. The second-order valence-electron chi connectivity index (χ2n) is 6.20. The van der Waals surface area contributed by atoms with E-state index in [9.17, 15) is 19.7 Å². The maximum absolute atomic E-state index is 12.4. The summed E-state index contributed by atoms with van der Waals surface area (Å²) in [5, 5.41) is 13.5. The lowest BCUT2D eigenvalue weighted by Gasteiger charge is -2.20. The predicted molar refractivity (Wildman–Crippen MR) is 106 cm³/mol. The number of ether oxygens (including phenoxy) is 1. The van der Waals surface area contributed by atoms with Crippen molar-refractivity contribution in [1.29, 1.82) is 0 Å². The van der Waals surface area contributed by atoms with E-state index in [0.717, 1.165) is 11.1 Å². The van der Waals surface area contributed by atoms with Crippen LogP contribution in [0.1, 0.15) is 27.5 Å². The molecule has 3 aromatic rings. The SMILES string of the molecule is O=C(COC(=O)c1ccc([N+](=O)[O-])cc1)NC(c1ccccc1)c1ccccc1. The van der Waals surface area contributed by atoms with Gasteiger partial charge in [0, 0.05) is 12.1 Å². The van der Waals surface area contributed by atoms with Crippen molar-refractivity contribution in [2.45, 2.75) is 6.04 Å². The molecule has 0 spiro atoms. The summed E-state index contributed by atoms with van der Waals surface area (Å²) in [6.45, 7) is -0.466. The van der Waals surface area contributed by atoms with Gasteiger partial charge < -0.3 is 10.1 Å². The topological polar surface area (TPSA) is 98.5 Å². The molecular weight excluding hydrogens is 372 g/mol. The van der Waals surface area contributed by atoms with Gasteiger partial charge in [-0.25, -0.2) is 4.79 Å². The molecule has 0 aliphatic heterocycles. The summed E-state index contributed by atoms with van der Waals surface area (Å²) in [4.78, 5) is 34.6. The van der Waals surface area contributed by atoms with Crippen molar-refractivity contribution in [1.82, 2.24) is 5.32 Å². The van der Waals surface area contributed by atoms with Crippen LogP contribution in [0.25, 0.3) is 0 Å². The average molecular weight is 390 g/mol. The van der Waals surface area contributed by atoms with Crippen molar-refractivity contribution >= 4 is 17.6 Å². The molecule has 0 atom stereocenters. The smallest absolute Gasteiger partial charge is 0.338 e. The Morgan fingerprint density at radius 3 is 1.86 bits per heavy atom. The van der Waals surface area contributed by atoms with Gasteiger partial charge in [-0.15, -0.1) is 0 Å². The van der Waals surface area contributed by atoms with E-state index in [1.54, 1.807) is 0 Å². The molecule has 0 fully saturated rings. The lowest BCUT2D eigenvalue weighted by atomic mass is 9.99. The molecule has 0 aliphatic carbocycles. The highest BCUT2D eigenvalue weighted by Gasteiger charge is 2.18. The lowest BCUT2D eigenvalue weighted by Crippen LogP contribution is -2.33. The number of nitro benzene ring substituents is 1. The van der Waals surface area contributed by atoms with Crippen LogP contribution in [0.5, 0.6) is 0 Å². The van der Waals surface area contributed by atoms with Crippen molar-refractivity contribution in [3.63, 3.8) is 0 Å². The molecule has 0 radical (unpaired) electrons. The van der Waals surface area contributed by atoms with E-state index in [1.807, 2.05) is 60.7 Å².